The fourth-order valence-corrected chi connectivity index (χ4v) is 6.05. The zero-order valence-electron chi connectivity index (χ0n) is 22.2. The van der Waals surface area contributed by atoms with Crippen molar-refractivity contribution in [3.63, 3.8) is 0 Å². The molecule has 1 fully saturated rings. The average molecular weight is 573 g/mol. The Morgan fingerprint density at radius 3 is 2.39 bits per heavy atom. The van der Waals surface area contributed by atoms with Gasteiger partial charge in [0.15, 0.2) is 17.5 Å². The van der Waals surface area contributed by atoms with Crippen LogP contribution >= 0.6 is 23.4 Å². The largest absolute Gasteiger partial charge is 0.464 e. The minimum atomic E-state index is -1.60. The monoisotopic (exact) mass is 572 g/mol. The molecule has 3 N–H and O–H groups in total. The lowest BCUT2D eigenvalue weighted by Crippen LogP contribution is -2.23. The molecule has 1 aliphatic carbocycles. The number of rotatable bonds is 9. The molecule has 1 amide bonds. The maximum absolute atomic E-state index is 13.5. The van der Waals surface area contributed by atoms with Crippen LogP contribution in [0.5, 0.6) is 0 Å². The molecule has 0 saturated heterocycles. The van der Waals surface area contributed by atoms with Gasteiger partial charge in [-0.1, -0.05) is 45.7 Å². The molecule has 2 aromatic carbocycles. The molecule has 3 rings (SSSR count). The van der Waals surface area contributed by atoms with Gasteiger partial charge in [-0.3, -0.25) is 9.59 Å². The van der Waals surface area contributed by atoms with E-state index in [1.54, 1.807) is 23.9 Å². The summed E-state index contributed by atoms with van der Waals surface area (Å²) in [5, 5.41) is 3.13. The normalized spacial score (nSPS) is 19.3. The van der Waals surface area contributed by atoms with Crippen LogP contribution in [0.2, 0.25) is 5.02 Å². The Morgan fingerprint density at radius 2 is 1.79 bits per heavy atom. The number of carbonyl (C=O) groups excluding carboxylic acids is 2. The molecule has 38 heavy (non-hydrogen) atoms. The molecule has 4 atom stereocenters. The first kappa shape index (κ1) is 32.0. The van der Waals surface area contributed by atoms with E-state index in [1.165, 1.54) is 12.5 Å². The third-order valence-corrected chi connectivity index (χ3v) is 8.27. The lowest BCUT2D eigenvalue weighted by atomic mass is 9.94. The van der Waals surface area contributed by atoms with E-state index in [9.17, 15) is 22.8 Å². The third-order valence-electron chi connectivity index (χ3n) is 6.12. The van der Waals surface area contributed by atoms with E-state index >= 15 is 0 Å². The second-order valence-corrected chi connectivity index (χ2v) is 11.3. The first-order valence-electron chi connectivity index (χ1n) is 12.8. The molecule has 10 heteroatoms. The number of hydrogen-bond acceptors (Lipinski definition) is 5. The Hall–Kier alpha value is -2.23. The Labute approximate surface area is 232 Å². The number of halogens is 4. The number of nitrogens with one attached hydrogen (secondary N) is 1. The van der Waals surface area contributed by atoms with Crippen LogP contribution in [0.3, 0.4) is 0 Å². The number of benzene rings is 2. The van der Waals surface area contributed by atoms with E-state index in [-0.39, 0.29) is 29.0 Å². The summed E-state index contributed by atoms with van der Waals surface area (Å²) in [5.74, 6) is -4.42. The highest BCUT2D eigenvalue weighted by Crippen LogP contribution is 2.46. The molecule has 0 spiro atoms. The fourth-order valence-electron chi connectivity index (χ4n) is 4.33. The number of hydrogen-bond donors (Lipinski definition) is 2. The fraction of sp³-hybridized carbons (Fsp3) is 0.500. The Bertz CT molecular complexity index is 1080. The average Bonchev–Trinajstić information content (AvgIpc) is 3.21. The number of thioether (sulfide) groups is 1. The predicted octanol–water partition coefficient (Wildman–Crippen LogP) is 7.46. The summed E-state index contributed by atoms with van der Waals surface area (Å²) in [6.45, 7) is 8.64. The second kappa shape index (κ2) is 15.4. The van der Waals surface area contributed by atoms with Crippen LogP contribution in [0.1, 0.15) is 63.7 Å². The molecule has 5 nitrogen and oxygen atoms in total. The molecule has 210 valence electrons. The number of amides is 1. The van der Waals surface area contributed by atoms with Gasteiger partial charge < -0.3 is 15.8 Å². The van der Waals surface area contributed by atoms with E-state index in [4.69, 9.17) is 22.1 Å². The summed E-state index contributed by atoms with van der Waals surface area (Å²) in [6.07, 6.45) is 4.21. The maximum atomic E-state index is 13.5. The van der Waals surface area contributed by atoms with E-state index in [1.807, 2.05) is 6.92 Å². The van der Waals surface area contributed by atoms with Gasteiger partial charge in [0.05, 0.1) is 18.2 Å². The van der Waals surface area contributed by atoms with E-state index < -0.39 is 29.3 Å². The molecular formula is C28H36ClF3N2O3S. The highest BCUT2D eigenvalue weighted by molar-refractivity contribution is 8.00. The first-order chi connectivity index (χ1) is 18.0. The van der Waals surface area contributed by atoms with Crippen LogP contribution < -0.4 is 11.1 Å². The summed E-state index contributed by atoms with van der Waals surface area (Å²) in [7, 11) is 0. The summed E-state index contributed by atoms with van der Waals surface area (Å²) in [6, 6.07) is 6.21. The molecule has 0 bridgehead atoms. The Morgan fingerprint density at radius 1 is 1.16 bits per heavy atom. The minimum Gasteiger partial charge on any atom is -0.464 e. The summed E-state index contributed by atoms with van der Waals surface area (Å²) >= 11 is 8.04. The lowest BCUT2D eigenvalue weighted by Gasteiger charge is -2.25. The van der Waals surface area contributed by atoms with Crippen molar-refractivity contribution < 1.29 is 27.5 Å². The topological polar surface area (TPSA) is 81.4 Å². The van der Waals surface area contributed by atoms with Crippen molar-refractivity contribution in [2.45, 2.75) is 63.5 Å². The zero-order chi connectivity index (χ0) is 28.4. The van der Waals surface area contributed by atoms with Crippen molar-refractivity contribution in [1.82, 2.24) is 0 Å². The Kier molecular flexibility index (Phi) is 12.9. The van der Waals surface area contributed by atoms with Crippen molar-refractivity contribution >= 4 is 40.9 Å². The smallest absolute Gasteiger partial charge is 0.319 e. The van der Waals surface area contributed by atoms with Gasteiger partial charge in [0, 0.05) is 33.5 Å². The zero-order valence-corrected chi connectivity index (χ0v) is 23.7. The summed E-state index contributed by atoms with van der Waals surface area (Å²) in [5.41, 5.74) is 5.36. The van der Waals surface area contributed by atoms with Gasteiger partial charge in [0.1, 0.15) is 0 Å². The molecule has 0 radical (unpaired) electrons. The van der Waals surface area contributed by atoms with Gasteiger partial charge >= 0.3 is 5.97 Å². The minimum absolute atomic E-state index is 0.140. The van der Waals surface area contributed by atoms with Crippen molar-refractivity contribution in [1.29, 1.82) is 0 Å². The maximum Gasteiger partial charge on any atom is 0.319 e. The van der Waals surface area contributed by atoms with Crippen molar-refractivity contribution in [2.75, 3.05) is 18.5 Å². The van der Waals surface area contributed by atoms with Crippen LogP contribution in [0.15, 0.2) is 35.2 Å². The first-order valence-corrected chi connectivity index (χ1v) is 14.0. The highest BCUT2D eigenvalue weighted by atomic mass is 35.5. The lowest BCUT2D eigenvalue weighted by molar-refractivity contribution is -0.143. The Balaban J connectivity index is 0.00000161. The van der Waals surface area contributed by atoms with E-state index in [0.717, 1.165) is 36.3 Å². The van der Waals surface area contributed by atoms with Crippen molar-refractivity contribution in [3.05, 3.63) is 58.4 Å². The van der Waals surface area contributed by atoms with Crippen LogP contribution in [0.4, 0.5) is 18.9 Å². The van der Waals surface area contributed by atoms with Gasteiger partial charge in [-0.15, -0.1) is 11.8 Å². The number of anilines is 1. The van der Waals surface area contributed by atoms with Gasteiger partial charge in [-0.05, 0) is 55.2 Å². The molecule has 0 aliphatic heterocycles. The predicted molar refractivity (Wildman–Crippen MR) is 147 cm³/mol. The molecule has 0 heterocycles. The molecular weight excluding hydrogens is 537 g/mol. The van der Waals surface area contributed by atoms with Crippen LogP contribution in [-0.2, 0) is 9.53 Å². The van der Waals surface area contributed by atoms with Crippen molar-refractivity contribution in [3.8, 4) is 0 Å². The van der Waals surface area contributed by atoms with Crippen LogP contribution in [0.25, 0.3) is 0 Å². The van der Waals surface area contributed by atoms with E-state index in [2.05, 4.69) is 26.1 Å². The highest BCUT2D eigenvalue weighted by Gasteiger charge is 2.35. The number of esters is 1. The molecule has 2 aromatic rings. The molecule has 0 aromatic heterocycles. The van der Waals surface area contributed by atoms with E-state index in [0.29, 0.717) is 23.5 Å². The molecule has 1 saturated carbocycles. The van der Waals surface area contributed by atoms with Crippen LogP contribution in [0, 0.1) is 35.2 Å². The number of nitrogens with two attached hydrogens (primary N) is 1. The molecule has 4 unspecified atom stereocenters. The summed E-state index contributed by atoms with van der Waals surface area (Å²) in [4.78, 5) is 24.8. The van der Waals surface area contributed by atoms with Crippen molar-refractivity contribution in [2.24, 2.45) is 23.5 Å². The number of carbonyl (C=O) groups is 2. The van der Waals surface area contributed by atoms with Gasteiger partial charge in [-0.25, -0.2) is 13.2 Å². The third kappa shape index (κ3) is 9.20. The summed E-state index contributed by atoms with van der Waals surface area (Å²) < 4.78 is 45.3. The molecule has 1 aliphatic rings. The second-order valence-electron chi connectivity index (χ2n) is 9.69. The quantitative estimate of drug-likeness (QED) is 0.241. The number of ether oxygens (including phenoxy) is 1. The van der Waals surface area contributed by atoms with Gasteiger partial charge in [0.25, 0.3) is 5.91 Å². The standard InChI is InChI=1S/C25H28ClF3N2O3S.C3H8/c1-13(12-34-22(32)11-30)7-15-4-3-14(2)24(15)35-21-8-16(5-6-18(21)26)25(33)31-17-9-19(27)23(29)20(28)10-17;1-3-2/h5-6,8-10,13-15,24H,3-4,7,11-12,30H2,1-2H3,(H,31,33);3H2,1-2H3. The van der Waals surface area contributed by atoms with Crippen LogP contribution in [-0.4, -0.2) is 30.3 Å². The van der Waals surface area contributed by atoms with Gasteiger partial charge in [0.2, 0.25) is 0 Å². The van der Waals surface area contributed by atoms with Gasteiger partial charge in [-0.2, -0.15) is 0 Å². The SMILES string of the molecule is CC(COC(=O)CN)CC1CCC(C)C1Sc1cc(C(=O)Nc2cc(F)c(F)c(F)c2)ccc1Cl.CCC.